The fourth-order valence-electron chi connectivity index (χ4n) is 2.85. The zero-order chi connectivity index (χ0) is 27.6. The molecule has 0 aliphatic heterocycles. The minimum atomic E-state index is -7.02. The molecular formula is C21H16F9NaO5S. The van der Waals surface area contributed by atoms with Crippen LogP contribution in [0.3, 0.4) is 0 Å². The van der Waals surface area contributed by atoms with Crippen LogP contribution in [0, 0.1) is 0 Å². The average Bonchev–Trinajstić information content (AvgIpc) is 2.77. The largest absolute Gasteiger partial charge is 1.00 e. The van der Waals surface area contributed by atoms with Gasteiger partial charge in [0.1, 0.15) is 15.9 Å². The fraction of sp³-hybridized carbons (Fsp3) is 0.381. The van der Waals surface area contributed by atoms with Crippen molar-refractivity contribution in [1.29, 1.82) is 0 Å². The zero-order valence-electron chi connectivity index (χ0n) is 18.8. The summed E-state index contributed by atoms with van der Waals surface area (Å²) in [6.07, 6.45) is -6.63. The van der Waals surface area contributed by atoms with Gasteiger partial charge in [-0.25, -0.2) is 8.42 Å². The van der Waals surface area contributed by atoms with Gasteiger partial charge in [-0.1, -0.05) is 24.3 Å². The van der Waals surface area contributed by atoms with Crippen molar-refractivity contribution < 1.29 is 91.6 Å². The van der Waals surface area contributed by atoms with Crippen LogP contribution < -0.4 is 34.3 Å². The van der Waals surface area contributed by atoms with Crippen molar-refractivity contribution in [1.82, 2.24) is 0 Å². The Bertz CT molecular complexity index is 1170. The van der Waals surface area contributed by atoms with E-state index < -0.39 is 50.3 Å². The van der Waals surface area contributed by atoms with Crippen LogP contribution in [0.15, 0.2) is 53.4 Å². The van der Waals surface area contributed by atoms with Crippen LogP contribution in [0.25, 0.3) is 0 Å². The van der Waals surface area contributed by atoms with E-state index in [1.165, 1.54) is 12.1 Å². The van der Waals surface area contributed by atoms with Crippen LogP contribution in [-0.4, -0.2) is 43.4 Å². The summed E-state index contributed by atoms with van der Waals surface area (Å²) in [6, 6.07) is 6.10. The number of alkyl halides is 9. The maximum Gasteiger partial charge on any atom is 1.00 e. The first-order valence-corrected chi connectivity index (χ1v) is 11.3. The molecule has 0 N–H and O–H groups in total. The molecule has 0 heterocycles. The van der Waals surface area contributed by atoms with E-state index in [9.17, 15) is 57.3 Å². The smallest absolute Gasteiger partial charge is 0.744 e. The molecule has 2 aromatic rings. The van der Waals surface area contributed by atoms with Crippen LogP contribution in [0.4, 0.5) is 39.5 Å². The summed E-state index contributed by atoms with van der Waals surface area (Å²) in [5.41, 5.74) is -2.10. The normalized spacial score (nSPS) is 13.1. The Hall–Kier alpha value is -1.81. The van der Waals surface area contributed by atoms with Crippen molar-refractivity contribution in [2.24, 2.45) is 0 Å². The summed E-state index contributed by atoms with van der Waals surface area (Å²) in [4.78, 5) is 11.7. The van der Waals surface area contributed by atoms with Crippen LogP contribution in [0.5, 0.6) is 5.75 Å². The maximum absolute atomic E-state index is 13.9. The number of hydrogen-bond donors (Lipinski definition) is 0. The topological polar surface area (TPSA) is 83.5 Å². The van der Waals surface area contributed by atoms with Gasteiger partial charge in [-0.05, 0) is 37.1 Å². The van der Waals surface area contributed by atoms with Gasteiger partial charge in [0.05, 0.1) is 11.5 Å². The summed E-state index contributed by atoms with van der Waals surface area (Å²) < 4.78 is 155. The summed E-state index contributed by atoms with van der Waals surface area (Å²) in [5, 5.41) is 0. The monoisotopic (exact) mass is 574 g/mol. The van der Waals surface area contributed by atoms with Crippen LogP contribution >= 0.6 is 0 Å². The predicted molar refractivity (Wildman–Crippen MR) is 104 cm³/mol. The Morgan fingerprint density at radius 2 is 1.30 bits per heavy atom. The third-order valence-corrected chi connectivity index (χ3v) is 5.74. The van der Waals surface area contributed by atoms with Gasteiger partial charge >= 0.3 is 53.5 Å². The van der Waals surface area contributed by atoms with Crippen molar-refractivity contribution in [2.45, 2.75) is 48.1 Å². The Morgan fingerprint density at radius 1 is 0.784 bits per heavy atom. The number of carbonyl (C=O) groups excluding carboxylic acids is 1. The number of hydrogen-bond acceptors (Lipinski definition) is 5. The van der Waals surface area contributed by atoms with Gasteiger partial charge in [-0.3, -0.25) is 4.79 Å². The molecule has 0 saturated carbocycles. The van der Waals surface area contributed by atoms with E-state index in [1.807, 2.05) is 0 Å². The summed E-state index contributed by atoms with van der Waals surface area (Å²) >= 11 is 0. The number of ether oxygens (including phenoxy) is 1. The Kier molecular flexibility index (Phi) is 10.7. The molecule has 0 amide bonds. The molecule has 0 aromatic heterocycles. The Morgan fingerprint density at radius 3 is 1.76 bits per heavy atom. The minimum absolute atomic E-state index is 0. The number of rotatable bonds is 11. The van der Waals surface area contributed by atoms with E-state index in [4.69, 9.17) is 4.74 Å². The van der Waals surface area contributed by atoms with E-state index >= 15 is 0 Å². The molecule has 200 valence electrons. The van der Waals surface area contributed by atoms with Crippen LogP contribution in [-0.2, 0) is 16.0 Å². The number of ketones is 1. The first-order valence-electron chi connectivity index (χ1n) is 9.85. The molecular weight excluding hydrogens is 558 g/mol. The molecule has 0 aliphatic rings. The number of benzene rings is 2. The SMILES string of the molecule is O=C(CCCCOc1ccc(S(=O)(=O)[O-])cc1)c1ccc(C(F)(F)C(F)(F)C(F)(F)C(F)(F)F)cc1.[Na+]. The van der Waals surface area contributed by atoms with Gasteiger partial charge < -0.3 is 9.29 Å². The molecule has 0 saturated heterocycles. The standard InChI is InChI=1S/C21H17F9O5S.Na/c22-18(23,19(24,25)20(26,27)21(28,29)30)14-6-4-13(5-7-14)17(31)3-1-2-12-35-15-8-10-16(11-9-15)36(32,33)34;/h4-11H,1-3,12H2,(H,32,33,34);/q;+1/p-1. The summed E-state index contributed by atoms with van der Waals surface area (Å²) in [7, 11) is -4.62. The second kappa shape index (κ2) is 11.9. The minimum Gasteiger partial charge on any atom is -0.744 e. The second-order valence-corrected chi connectivity index (χ2v) is 8.83. The van der Waals surface area contributed by atoms with Gasteiger partial charge in [0.2, 0.25) is 0 Å². The van der Waals surface area contributed by atoms with Crippen molar-refractivity contribution in [3.8, 4) is 5.75 Å². The number of Topliss-reactive ketones (excluding diaryl/α,β-unsaturated/α-hetero) is 1. The number of unbranched alkanes of at least 4 members (excludes halogenated alkanes) is 1. The van der Waals surface area contributed by atoms with E-state index in [0.717, 1.165) is 12.1 Å². The Balaban J connectivity index is 0.00000684. The quantitative estimate of drug-likeness (QED) is 0.136. The molecule has 37 heavy (non-hydrogen) atoms. The molecule has 0 spiro atoms. The van der Waals surface area contributed by atoms with Crippen molar-refractivity contribution in [3.63, 3.8) is 0 Å². The van der Waals surface area contributed by atoms with Crippen molar-refractivity contribution >= 4 is 15.9 Å². The summed E-state index contributed by atoms with van der Waals surface area (Å²) in [6.45, 7) is 0.0599. The van der Waals surface area contributed by atoms with Crippen LogP contribution in [0.2, 0.25) is 0 Å². The van der Waals surface area contributed by atoms with E-state index in [2.05, 4.69) is 0 Å². The number of halogens is 9. The van der Waals surface area contributed by atoms with Gasteiger partial charge in [-0.15, -0.1) is 0 Å². The second-order valence-electron chi connectivity index (χ2n) is 7.45. The molecule has 0 bridgehead atoms. The maximum atomic E-state index is 13.9. The van der Waals surface area contributed by atoms with E-state index in [-0.39, 0.29) is 78.9 Å². The van der Waals surface area contributed by atoms with Crippen molar-refractivity contribution in [3.05, 3.63) is 59.7 Å². The Labute approximate surface area is 227 Å². The first-order chi connectivity index (χ1) is 16.3. The van der Waals surface area contributed by atoms with Gasteiger partial charge in [-0.2, -0.15) is 39.5 Å². The third-order valence-electron chi connectivity index (χ3n) is 4.89. The molecule has 0 fully saturated rings. The molecule has 0 atom stereocenters. The molecule has 2 rings (SSSR count). The van der Waals surface area contributed by atoms with E-state index in [1.54, 1.807) is 0 Å². The van der Waals surface area contributed by atoms with Gasteiger partial charge in [0.25, 0.3) is 0 Å². The van der Waals surface area contributed by atoms with Crippen molar-refractivity contribution in [2.75, 3.05) is 6.61 Å². The summed E-state index contributed by atoms with van der Waals surface area (Å²) in [5.74, 6) is -20.1. The number of carbonyl (C=O) groups is 1. The third kappa shape index (κ3) is 7.40. The van der Waals surface area contributed by atoms with Gasteiger partial charge in [0.15, 0.2) is 5.78 Å². The molecule has 16 heteroatoms. The molecule has 2 aromatic carbocycles. The van der Waals surface area contributed by atoms with E-state index in [0.29, 0.717) is 12.1 Å². The molecule has 0 radical (unpaired) electrons. The molecule has 0 aliphatic carbocycles. The molecule has 5 nitrogen and oxygen atoms in total. The van der Waals surface area contributed by atoms with Crippen LogP contribution in [0.1, 0.15) is 35.2 Å². The fourth-order valence-corrected chi connectivity index (χ4v) is 3.32. The zero-order valence-corrected chi connectivity index (χ0v) is 21.6. The first kappa shape index (κ1) is 33.2. The van der Waals surface area contributed by atoms with Gasteiger partial charge in [0, 0.05) is 17.5 Å². The average molecular weight is 574 g/mol. The molecule has 0 unspecified atom stereocenters. The predicted octanol–water partition coefficient (Wildman–Crippen LogP) is 2.95.